The van der Waals surface area contributed by atoms with Gasteiger partial charge in [0, 0.05) is 6.42 Å². The number of hydrogen-bond acceptors (Lipinski definition) is 5. The topological polar surface area (TPSA) is 99.8 Å². The lowest BCUT2D eigenvalue weighted by atomic mass is 9.91. The van der Waals surface area contributed by atoms with Gasteiger partial charge in [0.25, 0.3) is 12.3 Å². The van der Waals surface area contributed by atoms with Crippen molar-refractivity contribution in [3.05, 3.63) is 53.0 Å². The molecule has 1 aliphatic carbocycles. The van der Waals surface area contributed by atoms with E-state index >= 15 is 0 Å². The number of alkyl halides is 2. The van der Waals surface area contributed by atoms with Gasteiger partial charge < -0.3 is 10.3 Å². The van der Waals surface area contributed by atoms with Gasteiger partial charge in [0.05, 0.1) is 12.0 Å². The van der Waals surface area contributed by atoms with Crippen molar-refractivity contribution < 1.29 is 18.1 Å². The summed E-state index contributed by atoms with van der Waals surface area (Å²) in [7, 11) is 0. The van der Waals surface area contributed by atoms with Crippen LogP contribution in [0.4, 0.5) is 8.78 Å². The SMILES string of the molecule is Cc1ccccc1C1(c2noc(-c3cc(C(F)F)n(CCC(N)=O)n3)n2)CC1. The number of benzene rings is 1. The normalized spacial score (nSPS) is 15.1. The van der Waals surface area contributed by atoms with Crippen LogP contribution in [-0.4, -0.2) is 25.8 Å². The first-order valence-corrected chi connectivity index (χ1v) is 8.95. The van der Waals surface area contributed by atoms with Crippen LogP contribution < -0.4 is 5.73 Å². The van der Waals surface area contributed by atoms with Crippen molar-refractivity contribution in [1.29, 1.82) is 0 Å². The second kappa shape index (κ2) is 6.81. The number of halogens is 2. The molecule has 146 valence electrons. The summed E-state index contributed by atoms with van der Waals surface area (Å²) in [5, 5.41) is 8.22. The van der Waals surface area contributed by atoms with Crippen LogP contribution >= 0.6 is 0 Å². The zero-order valence-corrected chi connectivity index (χ0v) is 15.2. The number of carbonyl (C=O) groups excluding carboxylic acids is 1. The molecule has 1 aliphatic rings. The van der Waals surface area contributed by atoms with Gasteiger partial charge in [-0.15, -0.1) is 0 Å². The first-order valence-electron chi connectivity index (χ1n) is 8.95. The second-order valence-corrected chi connectivity index (χ2v) is 7.01. The van der Waals surface area contributed by atoms with E-state index in [1.807, 2.05) is 31.2 Å². The number of amides is 1. The Morgan fingerprint density at radius 1 is 1.36 bits per heavy atom. The maximum Gasteiger partial charge on any atom is 0.280 e. The first-order chi connectivity index (χ1) is 13.4. The van der Waals surface area contributed by atoms with Gasteiger partial charge in [-0.3, -0.25) is 9.48 Å². The number of primary amides is 1. The summed E-state index contributed by atoms with van der Waals surface area (Å²) in [6.07, 6.45) is -1.05. The summed E-state index contributed by atoms with van der Waals surface area (Å²) in [5.74, 6) is 0.0166. The van der Waals surface area contributed by atoms with Gasteiger partial charge >= 0.3 is 0 Å². The molecule has 3 aromatic rings. The third-order valence-electron chi connectivity index (χ3n) is 5.09. The zero-order chi connectivity index (χ0) is 19.9. The molecule has 0 atom stereocenters. The molecule has 2 heterocycles. The summed E-state index contributed by atoms with van der Waals surface area (Å²) < 4.78 is 33.0. The van der Waals surface area contributed by atoms with Crippen LogP contribution in [0.15, 0.2) is 34.9 Å². The fraction of sp³-hybridized carbons (Fsp3) is 0.368. The van der Waals surface area contributed by atoms with E-state index in [0.717, 1.165) is 28.7 Å². The fourth-order valence-electron chi connectivity index (χ4n) is 3.48. The molecule has 7 nitrogen and oxygen atoms in total. The maximum absolute atomic E-state index is 13.3. The second-order valence-electron chi connectivity index (χ2n) is 7.01. The van der Waals surface area contributed by atoms with Gasteiger partial charge in [-0.1, -0.05) is 29.4 Å². The lowest BCUT2D eigenvalue weighted by Gasteiger charge is -2.13. The van der Waals surface area contributed by atoms with Crippen molar-refractivity contribution in [2.24, 2.45) is 5.73 Å². The van der Waals surface area contributed by atoms with Crippen LogP contribution in [0.25, 0.3) is 11.6 Å². The van der Waals surface area contributed by atoms with Gasteiger partial charge in [-0.25, -0.2) is 8.78 Å². The Hall–Kier alpha value is -3.10. The van der Waals surface area contributed by atoms with Crippen molar-refractivity contribution in [2.75, 3.05) is 0 Å². The summed E-state index contributed by atoms with van der Waals surface area (Å²) in [6, 6.07) is 9.23. The monoisotopic (exact) mass is 387 g/mol. The molecular weight excluding hydrogens is 368 g/mol. The Labute approximate surface area is 159 Å². The van der Waals surface area contributed by atoms with Gasteiger partial charge in [0.1, 0.15) is 5.69 Å². The first kappa shape index (κ1) is 18.3. The predicted octanol–water partition coefficient (Wildman–Crippen LogP) is 3.13. The molecule has 2 aromatic heterocycles. The number of rotatable bonds is 7. The smallest absolute Gasteiger partial charge is 0.280 e. The number of carbonyl (C=O) groups is 1. The molecule has 9 heteroatoms. The summed E-state index contributed by atoms with van der Waals surface area (Å²) >= 11 is 0. The average molecular weight is 387 g/mol. The lowest BCUT2D eigenvalue weighted by molar-refractivity contribution is -0.118. The Balaban J connectivity index is 1.66. The van der Waals surface area contributed by atoms with E-state index in [4.69, 9.17) is 10.3 Å². The minimum Gasteiger partial charge on any atom is -0.370 e. The van der Waals surface area contributed by atoms with Crippen LogP contribution in [0.1, 0.15) is 48.3 Å². The molecular formula is C19H19F2N5O2. The standard InChI is InChI=1S/C19H19F2N5O2/c1-11-4-2-3-5-12(11)19(7-8-19)18-23-17(28-25-18)13-10-14(16(20)21)26(24-13)9-6-15(22)27/h2-5,10,16H,6-9H2,1H3,(H2,22,27). The highest BCUT2D eigenvalue weighted by molar-refractivity contribution is 5.73. The van der Waals surface area contributed by atoms with E-state index < -0.39 is 12.3 Å². The number of nitrogens with two attached hydrogens (primary N) is 1. The number of aromatic nitrogens is 4. The van der Waals surface area contributed by atoms with Gasteiger partial charge in [0.15, 0.2) is 11.5 Å². The third kappa shape index (κ3) is 3.17. The Morgan fingerprint density at radius 2 is 2.11 bits per heavy atom. The molecule has 1 aromatic carbocycles. The summed E-state index contributed by atoms with van der Waals surface area (Å²) in [6.45, 7) is 1.99. The molecule has 0 spiro atoms. The molecule has 0 unspecified atom stereocenters. The van der Waals surface area contributed by atoms with Crippen LogP contribution in [0.2, 0.25) is 0 Å². The third-order valence-corrected chi connectivity index (χ3v) is 5.09. The van der Waals surface area contributed by atoms with Crippen molar-refractivity contribution in [3.63, 3.8) is 0 Å². The van der Waals surface area contributed by atoms with E-state index in [-0.39, 0.29) is 35.7 Å². The molecule has 1 saturated carbocycles. The van der Waals surface area contributed by atoms with E-state index in [1.165, 1.54) is 6.07 Å². The van der Waals surface area contributed by atoms with E-state index in [2.05, 4.69) is 15.2 Å². The Morgan fingerprint density at radius 3 is 2.75 bits per heavy atom. The number of aryl methyl sites for hydroxylation is 2. The predicted molar refractivity (Wildman–Crippen MR) is 95.5 cm³/mol. The van der Waals surface area contributed by atoms with Gasteiger partial charge in [0.2, 0.25) is 5.91 Å². The van der Waals surface area contributed by atoms with Crippen molar-refractivity contribution in [3.8, 4) is 11.6 Å². The molecule has 0 bridgehead atoms. The van der Waals surface area contributed by atoms with E-state index in [1.54, 1.807) is 0 Å². The fourth-order valence-corrected chi connectivity index (χ4v) is 3.48. The van der Waals surface area contributed by atoms with Gasteiger partial charge in [-0.2, -0.15) is 10.1 Å². The molecule has 1 amide bonds. The minimum absolute atomic E-state index is 0.0385. The van der Waals surface area contributed by atoms with Crippen LogP contribution in [0.3, 0.4) is 0 Å². The highest BCUT2D eigenvalue weighted by Crippen LogP contribution is 2.53. The Kier molecular flexibility index (Phi) is 4.44. The summed E-state index contributed by atoms with van der Waals surface area (Å²) in [5.41, 5.74) is 6.91. The Bertz CT molecular complexity index is 1020. The molecule has 28 heavy (non-hydrogen) atoms. The molecule has 4 rings (SSSR count). The molecule has 0 saturated heterocycles. The number of hydrogen-bond donors (Lipinski definition) is 1. The van der Waals surface area contributed by atoms with E-state index in [9.17, 15) is 13.6 Å². The van der Waals surface area contributed by atoms with Crippen molar-refractivity contribution >= 4 is 5.91 Å². The molecule has 0 radical (unpaired) electrons. The lowest BCUT2D eigenvalue weighted by Crippen LogP contribution is -2.16. The summed E-state index contributed by atoms with van der Waals surface area (Å²) in [4.78, 5) is 15.4. The minimum atomic E-state index is -2.75. The van der Waals surface area contributed by atoms with Crippen molar-refractivity contribution in [2.45, 2.75) is 44.6 Å². The average Bonchev–Trinajstić information content (AvgIpc) is 3.12. The molecule has 0 aliphatic heterocycles. The highest BCUT2D eigenvalue weighted by atomic mass is 19.3. The van der Waals surface area contributed by atoms with Crippen LogP contribution in [-0.2, 0) is 16.8 Å². The zero-order valence-electron chi connectivity index (χ0n) is 15.2. The largest absolute Gasteiger partial charge is 0.370 e. The van der Waals surface area contributed by atoms with Gasteiger partial charge in [-0.05, 0) is 37.0 Å². The quantitative estimate of drug-likeness (QED) is 0.671. The molecule has 2 N–H and O–H groups in total. The number of nitrogens with zero attached hydrogens (tertiary/aromatic N) is 4. The van der Waals surface area contributed by atoms with Crippen LogP contribution in [0.5, 0.6) is 0 Å². The van der Waals surface area contributed by atoms with Crippen molar-refractivity contribution in [1.82, 2.24) is 19.9 Å². The van der Waals surface area contributed by atoms with E-state index in [0.29, 0.717) is 5.82 Å². The maximum atomic E-state index is 13.3. The highest BCUT2D eigenvalue weighted by Gasteiger charge is 2.50. The molecule has 1 fully saturated rings. The van der Waals surface area contributed by atoms with Crippen LogP contribution in [0, 0.1) is 6.92 Å².